The molecule has 0 unspecified atom stereocenters. The van der Waals surface area contributed by atoms with E-state index in [2.05, 4.69) is 10.1 Å². The van der Waals surface area contributed by atoms with Crippen LogP contribution in [0.15, 0.2) is 47.8 Å². The molecular weight excluding hydrogens is 254 g/mol. The minimum Gasteiger partial charge on any atom is -0.439 e. The van der Waals surface area contributed by atoms with Crippen LogP contribution in [0.3, 0.4) is 0 Å². The summed E-state index contributed by atoms with van der Waals surface area (Å²) < 4.78 is 5.49. The standard InChI is InChI=1S/C12H10ClN3O2/c13-9-2-1-3-10(6-9)18-11-5-4-8(7-15-11)12(14)16-17/h1-7,17H,(H2,14,16). The van der Waals surface area contributed by atoms with Gasteiger partial charge in [-0.1, -0.05) is 22.8 Å². The molecule has 0 saturated carbocycles. The predicted octanol–water partition coefficient (Wildman–Crippen LogP) is 2.62. The molecule has 0 radical (unpaired) electrons. The van der Waals surface area contributed by atoms with Gasteiger partial charge >= 0.3 is 0 Å². The maximum absolute atomic E-state index is 8.51. The molecule has 0 saturated heterocycles. The van der Waals surface area contributed by atoms with Gasteiger partial charge in [0, 0.05) is 22.8 Å². The van der Waals surface area contributed by atoms with Crippen LogP contribution in [0.1, 0.15) is 5.56 Å². The van der Waals surface area contributed by atoms with Crippen LogP contribution in [0.4, 0.5) is 0 Å². The number of amidine groups is 1. The minimum atomic E-state index is -0.00296. The van der Waals surface area contributed by atoms with Crippen molar-refractivity contribution < 1.29 is 9.94 Å². The topological polar surface area (TPSA) is 80.7 Å². The largest absolute Gasteiger partial charge is 0.439 e. The van der Waals surface area contributed by atoms with E-state index in [0.717, 1.165) is 0 Å². The van der Waals surface area contributed by atoms with E-state index in [9.17, 15) is 0 Å². The van der Waals surface area contributed by atoms with Gasteiger partial charge < -0.3 is 15.7 Å². The van der Waals surface area contributed by atoms with E-state index in [-0.39, 0.29) is 5.84 Å². The van der Waals surface area contributed by atoms with Crippen LogP contribution >= 0.6 is 11.6 Å². The molecule has 0 aliphatic rings. The van der Waals surface area contributed by atoms with Crippen LogP contribution in [0.5, 0.6) is 11.6 Å². The van der Waals surface area contributed by atoms with Gasteiger partial charge in [0.1, 0.15) is 5.75 Å². The number of nitrogens with zero attached hydrogens (tertiary/aromatic N) is 2. The highest BCUT2D eigenvalue weighted by atomic mass is 35.5. The second-order valence-corrected chi connectivity index (χ2v) is 3.87. The Bertz CT molecular complexity index is 570. The zero-order valence-corrected chi connectivity index (χ0v) is 10.0. The molecule has 0 fully saturated rings. The van der Waals surface area contributed by atoms with E-state index in [0.29, 0.717) is 22.2 Å². The van der Waals surface area contributed by atoms with E-state index < -0.39 is 0 Å². The fourth-order valence-electron chi connectivity index (χ4n) is 1.30. The highest BCUT2D eigenvalue weighted by Crippen LogP contribution is 2.22. The molecule has 1 heterocycles. The Labute approximate surface area is 108 Å². The van der Waals surface area contributed by atoms with Crippen molar-refractivity contribution in [3.05, 3.63) is 53.2 Å². The number of hydrogen-bond acceptors (Lipinski definition) is 4. The molecule has 0 bridgehead atoms. The lowest BCUT2D eigenvalue weighted by Gasteiger charge is -2.05. The third-order valence-electron chi connectivity index (χ3n) is 2.16. The number of benzene rings is 1. The quantitative estimate of drug-likeness (QED) is 0.386. The Hall–Kier alpha value is -2.27. The molecule has 0 spiro atoms. The summed E-state index contributed by atoms with van der Waals surface area (Å²) in [6.07, 6.45) is 1.45. The summed E-state index contributed by atoms with van der Waals surface area (Å²) >= 11 is 5.84. The summed E-state index contributed by atoms with van der Waals surface area (Å²) in [7, 11) is 0. The Kier molecular flexibility index (Phi) is 3.64. The Balaban J connectivity index is 2.16. The predicted molar refractivity (Wildman–Crippen MR) is 68.3 cm³/mol. The number of nitrogens with two attached hydrogens (primary N) is 1. The summed E-state index contributed by atoms with van der Waals surface area (Å²) in [6, 6.07) is 10.2. The van der Waals surface area contributed by atoms with Gasteiger partial charge in [-0.25, -0.2) is 4.98 Å². The molecule has 18 heavy (non-hydrogen) atoms. The number of halogens is 1. The lowest BCUT2D eigenvalue weighted by molar-refractivity contribution is 0.318. The third kappa shape index (κ3) is 2.89. The average molecular weight is 264 g/mol. The highest BCUT2D eigenvalue weighted by molar-refractivity contribution is 6.30. The van der Waals surface area contributed by atoms with Crippen molar-refractivity contribution in [1.82, 2.24) is 4.98 Å². The summed E-state index contributed by atoms with van der Waals surface area (Å²) in [4.78, 5) is 4.04. The molecule has 1 aromatic carbocycles. The summed E-state index contributed by atoms with van der Waals surface area (Å²) in [5.41, 5.74) is 5.93. The molecule has 3 N–H and O–H groups in total. The lowest BCUT2D eigenvalue weighted by atomic mass is 10.3. The summed E-state index contributed by atoms with van der Waals surface area (Å²) in [6.45, 7) is 0. The summed E-state index contributed by atoms with van der Waals surface area (Å²) in [5, 5.41) is 12.0. The van der Waals surface area contributed by atoms with Crippen molar-refractivity contribution in [1.29, 1.82) is 0 Å². The van der Waals surface area contributed by atoms with Crippen molar-refractivity contribution in [3.8, 4) is 11.6 Å². The molecular formula is C12H10ClN3O2. The maximum atomic E-state index is 8.51. The van der Waals surface area contributed by atoms with Crippen molar-refractivity contribution >= 4 is 17.4 Å². The van der Waals surface area contributed by atoms with Gasteiger partial charge in [0.05, 0.1) is 0 Å². The van der Waals surface area contributed by atoms with Crippen molar-refractivity contribution in [2.45, 2.75) is 0 Å². The van der Waals surface area contributed by atoms with Crippen LogP contribution in [0.25, 0.3) is 0 Å². The zero-order chi connectivity index (χ0) is 13.0. The number of rotatable bonds is 3. The van der Waals surface area contributed by atoms with Gasteiger partial charge in [0.25, 0.3) is 0 Å². The van der Waals surface area contributed by atoms with Gasteiger partial charge in [-0.15, -0.1) is 0 Å². The van der Waals surface area contributed by atoms with E-state index in [1.807, 2.05) is 0 Å². The van der Waals surface area contributed by atoms with Crippen molar-refractivity contribution in [3.63, 3.8) is 0 Å². The first-order valence-electron chi connectivity index (χ1n) is 5.06. The minimum absolute atomic E-state index is 0.00296. The Morgan fingerprint density at radius 1 is 1.33 bits per heavy atom. The number of aromatic nitrogens is 1. The highest BCUT2D eigenvalue weighted by Gasteiger charge is 2.02. The first kappa shape index (κ1) is 12.2. The smallest absolute Gasteiger partial charge is 0.219 e. The number of ether oxygens (including phenoxy) is 1. The second kappa shape index (κ2) is 5.37. The van der Waals surface area contributed by atoms with Crippen LogP contribution < -0.4 is 10.5 Å². The molecule has 0 aliphatic heterocycles. The fraction of sp³-hybridized carbons (Fsp3) is 0. The van der Waals surface area contributed by atoms with Gasteiger partial charge in [-0.3, -0.25) is 0 Å². The van der Waals surface area contributed by atoms with E-state index in [1.54, 1.807) is 36.4 Å². The maximum Gasteiger partial charge on any atom is 0.219 e. The monoisotopic (exact) mass is 263 g/mol. The molecule has 0 aliphatic carbocycles. The summed E-state index contributed by atoms with van der Waals surface area (Å²) in [5.74, 6) is 0.982. The average Bonchev–Trinajstić information content (AvgIpc) is 2.39. The Morgan fingerprint density at radius 2 is 2.17 bits per heavy atom. The third-order valence-corrected chi connectivity index (χ3v) is 2.39. The van der Waals surface area contributed by atoms with Gasteiger partial charge in [0.2, 0.25) is 5.88 Å². The van der Waals surface area contributed by atoms with E-state index in [4.69, 9.17) is 27.3 Å². The molecule has 5 nitrogen and oxygen atoms in total. The van der Waals surface area contributed by atoms with Crippen molar-refractivity contribution in [2.75, 3.05) is 0 Å². The van der Waals surface area contributed by atoms with Gasteiger partial charge in [-0.2, -0.15) is 0 Å². The first-order chi connectivity index (χ1) is 8.69. The van der Waals surface area contributed by atoms with E-state index in [1.165, 1.54) is 6.20 Å². The Morgan fingerprint density at radius 3 is 2.78 bits per heavy atom. The number of pyridine rings is 1. The van der Waals surface area contributed by atoms with Gasteiger partial charge in [0.15, 0.2) is 5.84 Å². The number of hydrogen-bond donors (Lipinski definition) is 2. The van der Waals surface area contributed by atoms with Crippen molar-refractivity contribution in [2.24, 2.45) is 10.9 Å². The molecule has 92 valence electrons. The lowest BCUT2D eigenvalue weighted by Crippen LogP contribution is -2.13. The first-order valence-corrected chi connectivity index (χ1v) is 5.44. The SMILES string of the molecule is N/C(=N\O)c1ccc(Oc2cccc(Cl)c2)nc1. The molecule has 1 aromatic heterocycles. The van der Waals surface area contributed by atoms with Crippen LogP contribution in [-0.2, 0) is 0 Å². The molecule has 0 amide bonds. The van der Waals surface area contributed by atoms with Crippen LogP contribution in [-0.4, -0.2) is 16.0 Å². The van der Waals surface area contributed by atoms with Crippen LogP contribution in [0.2, 0.25) is 5.02 Å². The van der Waals surface area contributed by atoms with Gasteiger partial charge in [-0.05, 0) is 24.3 Å². The van der Waals surface area contributed by atoms with E-state index >= 15 is 0 Å². The fourth-order valence-corrected chi connectivity index (χ4v) is 1.48. The molecule has 0 atom stereocenters. The second-order valence-electron chi connectivity index (χ2n) is 3.43. The molecule has 6 heteroatoms. The molecule has 2 rings (SSSR count). The normalized spacial score (nSPS) is 11.3. The molecule has 2 aromatic rings. The number of oxime groups is 1. The zero-order valence-electron chi connectivity index (χ0n) is 9.25. The van der Waals surface area contributed by atoms with Crippen LogP contribution in [0, 0.1) is 0 Å².